The summed E-state index contributed by atoms with van der Waals surface area (Å²) in [5.41, 5.74) is -0.0607. The Morgan fingerprint density at radius 2 is 1.93 bits per heavy atom. The Kier molecular flexibility index (Phi) is 2.21. The Labute approximate surface area is 83.6 Å². The fourth-order valence-electron chi connectivity index (χ4n) is 2.46. The molecule has 4 nitrogen and oxygen atoms in total. The van der Waals surface area contributed by atoms with Gasteiger partial charge in [0, 0.05) is 5.54 Å². The molecule has 1 saturated carbocycles. The number of hydrogen-bond donors (Lipinski definition) is 1. The third-order valence-corrected chi connectivity index (χ3v) is 3.37. The Balaban J connectivity index is 2.14. The van der Waals surface area contributed by atoms with Crippen LogP contribution in [0.5, 0.6) is 0 Å². The SMILES string of the molecule is CC1(N2CC(=O)NCC2=O)CCCC1. The first-order valence-corrected chi connectivity index (χ1v) is 5.19. The highest BCUT2D eigenvalue weighted by Gasteiger charge is 2.40. The molecule has 1 heterocycles. The van der Waals surface area contributed by atoms with Crippen molar-refractivity contribution in [1.29, 1.82) is 0 Å². The summed E-state index contributed by atoms with van der Waals surface area (Å²) in [5.74, 6) is 0.0340. The number of piperazine rings is 1. The molecule has 1 N–H and O–H groups in total. The first kappa shape index (κ1) is 9.49. The van der Waals surface area contributed by atoms with Gasteiger partial charge in [-0.25, -0.2) is 0 Å². The Hall–Kier alpha value is -1.06. The van der Waals surface area contributed by atoms with E-state index in [1.165, 1.54) is 12.8 Å². The predicted molar refractivity (Wildman–Crippen MR) is 51.6 cm³/mol. The van der Waals surface area contributed by atoms with E-state index in [-0.39, 0.29) is 30.4 Å². The minimum atomic E-state index is -0.0607. The topological polar surface area (TPSA) is 49.4 Å². The van der Waals surface area contributed by atoms with Crippen LogP contribution in [0, 0.1) is 0 Å². The molecule has 2 fully saturated rings. The second-order valence-corrected chi connectivity index (χ2v) is 4.46. The van der Waals surface area contributed by atoms with E-state index in [2.05, 4.69) is 12.2 Å². The van der Waals surface area contributed by atoms with E-state index in [0.717, 1.165) is 12.8 Å². The van der Waals surface area contributed by atoms with Crippen LogP contribution in [0.1, 0.15) is 32.6 Å². The highest BCUT2D eigenvalue weighted by atomic mass is 16.2. The summed E-state index contributed by atoms with van der Waals surface area (Å²) in [6, 6.07) is 0. The van der Waals surface area contributed by atoms with Crippen LogP contribution in [0.15, 0.2) is 0 Å². The zero-order valence-electron chi connectivity index (χ0n) is 8.51. The molecule has 0 spiro atoms. The van der Waals surface area contributed by atoms with Gasteiger partial charge in [-0.05, 0) is 19.8 Å². The molecule has 0 aromatic heterocycles. The van der Waals surface area contributed by atoms with Gasteiger partial charge in [-0.3, -0.25) is 9.59 Å². The molecule has 1 aliphatic carbocycles. The number of hydrogen-bond acceptors (Lipinski definition) is 2. The number of nitrogens with zero attached hydrogens (tertiary/aromatic N) is 1. The van der Waals surface area contributed by atoms with Crippen molar-refractivity contribution >= 4 is 11.8 Å². The van der Waals surface area contributed by atoms with E-state index in [1.54, 1.807) is 4.90 Å². The van der Waals surface area contributed by atoms with Gasteiger partial charge in [0.2, 0.25) is 11.8 Å². The molecule has 1 saturated heterocycles. The van der Waals surface area contributed by atoms with Crippen molar-refractivity contribution in [3.63, 3.8) is 0 Å². The minimum absolute atomic E-state index is 0.0299. The zero-order valence-corrected chi connectivity index (χ0v) is 8.51. The first-order valence-electron chi connectivity index (χ1n) is 5.19. The number of amides is 2. The molecular formula is C10H16N2O2. The Morgan fingerprint density at radius 3 is 2.57 bits per heavy atom. The van der Waals surface area contributed by atoms with Crippen LogP contribution in [0.2, 0.25) is 0 Å². The molecule has 0 unspecified atom stereocenters. The average Bonchev–Trinajstić information content (AvgIpc) is 2.58. The maximum absolute atomic E-state index is 11.6. The third kappa shape index (κ3) is 1.49. The molecule has 2 amide bonds. The van der Waals surface area contributed by atoms with Gasteiger partial charge in [-0.1, -0.05) is 12.8 Å². The molecule has 2 rings (SSSR count). The van der Waals surface area contributed by atoms with Crippen molar-refractivity contribution in [2.24, 2.45) is 0 Å². The maximum Gasteiger partial charge on any atom is 0.242 e. The second-order valence-electron chi connectivity index (χ2n) is 4.46. The van der Waals surface area contributed by atoms with Gasteiger partial charge in [0.15, 0.2) is 0 Å². The summed E-state index contributed by atoms with van der Waals surface area (Å²) in [6.45, 7) is 2.51. The second kappa shape index (κ2) is 3.26. The molecule has 0 bridgehead atoms. The van der Waals surface area contributed by atoms with Crippen LogP contribution in [0.4, 0.5) is 0 Å². The first-order chi connectivity index (χ1) is 6.62. The van der Waals surface area contributed by atoms with E-state index in [9.17, 15) is 9.59 Å². The van der Waals surface area contributed by atoms with Crippen molar-refractivity contribution in [2.75, 3.05) is 13.1 Å². The van der Waals surface area contributed by atoms with Crippen LogP contribution in [-0.2, 0) is 9.59 Å². The van der Waals surface area contributed by atoms with Crippen molar-refractivity contribution in [3.8, 4) is 0 Å². The lowest BCUT2D eigenvalue weighted by atomic mass is 9.97. The summed E-state index contributed by atoms with van der Waals surface area (Å²) < 4.78 is 0. The zero-order chi connectivity index (χ0) is 10.2. The fraction of sp³-hybridized carbons (Fsp3) is 0.800. The molecule has 0 aromatic carbocycles. The van der Waals surface area contributed by atoms with Crippen molar-refractivity contribution < 1.29 is 9.59 Å². The fourth-order valence-corrected chi connectivity index (χ4v) is 2.46. The van der Waals surface area contributed by atoms with Crippen molar-refractivity contribution in [2.45, 2.75) is 38.1 Å². The number of carbonyl (C=O) groups excluding carboxylic acids is 2. The molecule has 2 aliphatic rings. The lowest BCUT2D eigenvalue weighted by Gasteiger charge is -2.40. The van der Waals surface area contributed by atoms with Crippen LogP contribution in [-0.4, -0.2) is 35.3 Å². The lowest BCUT2D eigenvalue weighted by molar-refractivity contribution is -0.146. The van der Waals surface area contributed by atoms with Gasteiger partial charge in [0.1, 0.15) is 6.54 Å². The molecule has 0 radical (unpaired) electrons. The average molecular weight is 196 g/mol. The monoisotopic (exact) mass is 196 g/mol. The van der Waals surface area contributed by atoms with Crippen LogP contribution in [0.3, 0.4) is 0 Å². The van der Waals surface area contributed by atoms with Gasteiger partial charge in [-0.2, -0.15) is 0 Å². The number of rotatable bonds is 1. The van der Waals surface area contributed by atoms with E-state index in [4.69, 9.17) is 0 Å². The third-order valence-electron chi connectivity index (χ3n) is 3.37. The quantitative estimate of drug-likeness (QED) is 0.654. The summed E-state index contributed by atoms with van der Waals surface area (Å²) >= 11 is 0. The molecule has 14 heavy (non-hydrogen) atoms. The molecule has 4 heteroatoms. The molecular weight excluding hydrogens is 180 g/mol. The standard InChI is InChI=1S/C10H16N2O2/c1-10(4-2-3-5-10)12-7-8(13)11-6-9(12)14/h2-7H2,1H3,(H,11,13). The molecule has 78 valence electrons. The van der Waals surface area contributed by atoms with Gasteiger partial charge in [0.25, 0.3) is 0 Å². The Morgan fingerprint density at radius 1 is 1.29 bits per heavy atom. The number of carbonyl (C=O) groups is 2. The van der Waals surface area contributed by atoms with Gasteiger partial charge in [-0.15, -0.1) is 0 Å². The Bertz CT molecular complexity index is 269. The van der Waals surface area contributed by atoms with Gasteiger partial charge in [0.05, 0.1) is 6.54 Å². The van der Waals surface area contributed by atoms with Crippen molar-refractivity contribution in [3.05, 3.63) is 0 Å². The summed E-state index contributed by atoms with van der Waals surface area (Å²) in [4.78, 5) is 24.6. The van der Waals surface area contributed by atoms with E-state index in [0.29, 0.717) is 0 Å². The van der Waals surface area contributed by atoms with Gasteiger partial charge >= 0.3 is 0 Å². The highest BCUT2D eigenvalue weighted by molar-refractivity contribution is 5.92. The van der Waals surface area contributed by atoms with Crippen molar-refractivity contribution in [1.82, 2.24) is 10.2 Å². The van der Waals surface area contributed by atoms with Crippen LogP contribution < -0.4 is 5.32 Å². The van der Waals surface area contributed by atoms with E-state index in [1.807, 2.05) is 0 Å². The smallest absolute Gasteiger partial charge is 0.242 e. The molecule has 1 aliphatic heterocycles. The summed E-state index contributed by atoms with van der Waals surface area (Å²) in [7, 11) is 0. The normalized spacial score (nSPS) is 26.5. The van der Waals surface area contributed by atoms with E-state index >= 15 is 0 Å². The molecule has 0 aromatic rings. The summed E-state index contributed by atoms with van der Waals surface area (Å²) in [5, 5.41) is 2.57. The highest BCUT2D eigenvalue weighted by Crippen LogP contribution is 2.35. The number of nitrogens with one attached hydrogen (secondary N) is 1. The van der Waals surface area contributed by atoms with E-state index < -0.39 is 0 Å². The largest absolute Gasteiger partial charge is 0.345 e. The van der Waals surface area contributed by atoms with Crippen LogP contribution >= 0.6 is 0 Å². The molecule has 0 atom stereocenters. The predicted octanol–water partition coefficient (Wildman–Crippen LogP) is 0.277. The lowest BCUT2D eigenvalue weighted by Crippen LogP contribution is -2.59. The minimum Gasteiger partial charge on any atom is -0.345 e. The maximum atomic E-state index is 11.6. The summed E-state index contributed by atoms with van der Waals surface area (Å²) in [6.07, 6.45) is 4.40. The van der Waals surface area contributed by atoms with Crippen LogP contribution in [0.25, 0.3) is 0 Å². The van der Waals surface area contributed by atoms with Gasteiger partial charge < -0.3 is 10.2 Å².